The first-order valence-corrected chi connectivity index (χ1v) is 7.40. The van der Waals surface area contributed by atoms with Crippen molar-refractivity contribution >= 4 is 40.5 Å². The standard InChI is InChI=1S/C16H12Cl2N2O2/c17-13-7-11-6-12(19-15(11)8-14(13)18)5-9-2-1-3-10(4-9)16(21)20-22/h1-4,7-8,22H,5-6H2,(H,20,21). The Morgan fingerprint density at radius 2 is 2.00 bits per heavy atom. The van der Waals surface area contributed by atoms with Gasteiger partial charge in [0.15, 0.2) is 0 Å². The molecule has 0 spiro atoms. The number of carbonyl (C=O) groups is 1. The number of aliphatic imine (C=N–C) groups is 1. The van der Waals surface area contributed by atoms with Crippen LogP contribution in [0.4, 0.5) is 5.69 Å². The van der Waals surface area contributed by atoms with Gasteiger partial charge in [0, 0.05) is 24.1 Å². The molecule has 0 unspecified atom stereocenters. The molecule has 1 amide bonds. The molecule has 2 aromatic carbocycles. The summed E-state index contributed by atoms with van der Waals surface area (Å²) in [7, 11) is 0. The Morgan fingerprint density at radius 1 is 1.23 bits per heavy atom. The van der Waals surface area contributed by atoms with E-state index < -0.39 is 5.91 Å². The summed E-state index contributed by atoms with van der Waals surface area (Å²) >= 11 is 12.0. The number of hydrogen-bond acceptors (Lipinski definition) is 3. The third-order valence-electron chi connectivity index (χ3n) is 3.49. The van der Waals surface area contributed by atoms with Crippen LogP contribution in [0.15, 0.2) is 41.4 Å². The van der Waals surface area contributed by atoms with Crippen molar-refractivity contribution in [1.29, 1.82) is 0 Å². The fourth-order valence-corrected chi connectivity index (χ4v) is 2.82. The number of nitrogens with zero attached hydrogens (tertiary/aromatic N) is 1. The molecule has 112 valence electrons. The average molecular weight is 335 g/mol. The molecule has 4 nitrogen and oxygen atoms in total. The van der Waals surface area contributed by atoms with Gasteiger partial charge in [0.2, 0.25) is 0 Å². The van der Waals surface area contributed by atoms with Crippen LogP contribution in [0.25, 0.3) is 0 Å². The predicted molar refractivity (Wildman–Crippen MR) is 86.7 cm³/mol. The smallest absolute Gasteiger partial charge is 0.274 e. The van der Waals surface area contributed by atoms with Crippen molar-refractivity contribution in [3.05, 3.63) is 63.1 Å². The Hall–Kier alpha value is -1.88. The first-order chi connectivity index (χ1) is 10.6. The number of amides is 1. The average Bonchev–Trinajstić information content (AvgIpc) is 2.88. The quantitative estimate of drug-likeness (QED) is 0.658. The third kappa shape index (κ3) is 2.99. The molecule has 3 rings (SSSR count). The van der Waals surface area contributed by atoms with E-state index in [9.17, 15) is 4.79 Å². The van der Waals surface area contributed by atoms with Crippen molar-refractivity contribution in [3.8, 4) is 0 Å². The van der Waals surface area contributed by atoms with Crippen LogP contribution in [-0.4, -0.2) is 16.8 Å². The number of carbonyl (C=O) groups excluding carboxylic acids is 1. The Bertz CT molecular complexity index is 788. The molecule has 1 aliphatic heterocycles. The van der Waals surface area contributed by atoms with Gasteiger partial charge < -0.3 is 0 Å². The van der Waals surface area contributed by atoms with Crippen molar-refractivity contribution in [2.75, 3.05) is 0 Å². The lowest BCUT2D eigenvalue weighted by molar-refractivity contribution is 0.0706. The second-order valence-electron chi connectivity index (χ2n) is 5.07. The molecule has 2 N–H and O–H groups in total. The lowest BCUT2D eigenvalue weighted by Crippen LogP contribution is -2.18. The molecule has 0 fully saturated rings. The fourth-order valence-electron chi connectivity index (χ4n) is 2.48. The largest absolute Gasteiger partial charge is 0.288 e. The van der Waals surface area contributed by atoms with Crippen LogP contribution in [0.2, 0.25) is 10.0 Å². The van der Waals surface area contributed by atoms with Crippen molar-refractivity contribution in [2.45, 2.75) is 12.8 Å². The van der Waals surface area contributed by atoms with Crippen molar-refractivity contribution in [3.63, 3.8) is 0 Å². The highest BCUT2D eigenvalue weighted by Crippen LogP contribution is 2.35. The van der Waals surface area contributed by atoms with Crippen molar-refractivity contribution < 1.29 is 10.0 Å². The number of halogens is 2. The summed E-state index contributed by atoms with van der Waals surface area (Å²) in [4.78, 5) is 16.0. The van der Waals surface area contributed by atoms with Crippen molar-refractivity contribution in [2.24, 2.45) is 4.99 Å². The maximum absolute atomic E-state index is 11.4. The number of hydroxylamine groups is 1. The summed E-state index contributed by atoms with van der Waals surface area (Å²) in [6.45, 7) is 0. The normalized spacial score (nSPS) is 12.8. The summed E-state index contributed by atoms with van der Waals surface area (Å²) in [6.07, 6.45) is 1.33. The number of hydrogen-bond donors (Lipinski definition) is 2. The Morgan fingerprint density at radius 3 is 2.77 bits per heavy atom. The molecule has 0 aromatic heterocycles. The molecule has 1 heterocycles. The minimum absolute atomic E-state index is 0.405. The van der Waals surface area contributed by atoms with E-state index in [-0.39, 0.29) is 0 Å². The molecule has 0 radical (unpaired) electrons. The molecular formula is C16H12Cl2N2O2. The van der Waals surface area contributed by atoms with Gasteiger partial charge in [-0.05, 0) is 35.4 Å². The molecule has 0 saturated carbocycles. The van der Waals surface area contributed by atoms with Crippen LogP contribution in [0.3, 0.4) is 0 Å². The van der Waals surface area contributed by atoms with Gasteiger partial charge in [-0.2, -0.15) is 0 Å². The number of benzene rings is 2. The van der Waals surface area contributed by atoms with E-state index in [1.54, 1.807) is 29.7 Å². The topological polar surface area (TPSA) is 61.7 Å². The molecule has 6 heteroatoms. The maximum atomic E-state index is 11.4. The Labute approximate surface area is 137 Å². The number of nitrogens with one attached hydrogen (secondary N) is 1. The van der Waals surface area contributed by atoms with Crippen molar-refractivity contribution in [1.82, 2.24) is 5.48 Å². The Kier molecular flexibility index (Phi) is 4.16. The van der Waals surface area contributed by atoms with E-state index in [1.807, 2.05) is 12.1 Å². The highest BCUT2D eigenvalue weighted by molar-refractivity contribution is 6.42. The fraction of sp³-hybridized carbons (Fsp3) is 0.125. The molecule has 22 heavy (non-hydrogen) atoms. The lowest BCUT2D eigenvalue weighted by Gasteiger charge is -2.04. The SMILES string of the molecule is O=C(NO)c1cccc(CC2=Nc3cc(Cl)c(Cl)cc3C2)c1. The minimum Gasteiger partial charge on any atom is -0.288 e. The zero-order valence-corrected chi connectivity index (χ0v) is 12.9. The first-order valence-electron chi connectivity index (χ1n) is 6.64. The maximum Gasteiger partial charge on any atom is 0.274 e. The minimum atomic E-state index is -0.530. The van der Waals surface area contributed by atoms with Crippen LogP contribution in [0.1, 0.15) is 21.5 Å². The van der Waals surface area contributed by atoms with Crippen LogP contribution in [0, 0.1) is 0 Å². The van der Waals surface area contributed by atoms with Gasteiger partial charge in [0.05, 0.1) is 15.7 Å². The summed E-state index contributed by atoms with van der Waals surface area (Å²) in [5.41, 5.74) is 5.86. The number of fused-ring (bicyclic) bond motifs is 1. The van der Waals surface area contributed by atoms with E-state index in [2.05, 4.69) is 4.99 Å². The second-order valence-corrected chi connectivity index (χ2v) is 5.88. The molecule has 0 saturated heterocycles. The first kappa shape index (κ1) is 15.0. The molecule has 0 aliphatic carbocycles. The molecular weight excluding hydrogens is 323 g/mol. The second kappa shape index (κ2) is 6.08. The van der Waals surface area contributed by atoms with Crippen LogP contribution in [-0.2, 0) is 12.8 Å². The highest BCUT2D eigenvalue weighted by Gasteiger charge is 2.17. The van der Waals surface area contributed by atoms with Gasteiger partial charge in [-0.3, -0.25) is 15.0 Å². The van der Waals surface area contributed by atoms with E-state index in [0.29, 0.717) is 28.5 Å². The van der Waals surface area contributed by atoms with Crippen LogP contribution in [0.5, 0.6) is 0 Å². The monoisotopic (exact) mass is 334 g/mol. The molecule has 2 aromatic rings. The van der Waals surface area contributed by atoms with Gasteiger partial charge in [0.25, 0.3) is 5.91 Å². The highest BCUT2D eigenvalue weighted by atomic mass is 35.5. The Balaban J connectivity index is 1.81. The summed E-state index contributed by atoms with van der Waals surface area (Å²) in [6, 6.07) is 10.7. The lowest BCUT2D eigenvalue weighted by atomic mass is 10.0. The summed E-state index contributed by atoms with van der Waals surface area (Å²) in [5.74, 6) is -0.530. The van der Waals surface area contributed by atoms with Gasteiger partial charge in [-0.15, -0.1) is 0 Å². The predicted octanol–water partition coefficient (Wildman–Crippen LogP) is 3.98. The molecule has 0 atom stereocenters. The zero-order chi connectivity index (χ0) is 15.7. The van der Waals surface area contributed by atoms with E-state index in [0.717, 1.165) is 22.5 Å². The van der Waals surface area contributed by atoms with Gasteiger partial charge in [-0.25, -0.2) is 5.48 Å². The van der Waals surface area contributed by atoms with Gasteiger partial charge >= 0.3 is 0 Å². The molecule has 0 bridgehead atoms. The zero-order valence-electron chi connectivity index (χ0n) is 11.4. The molecule has 1 aliphatic rings. The third-order valence-corrected chi connectivity index (χ3v) is 4.22. The van der Waals surface area contributed by atoms with Gasteiger partial charge in [0.1, 0.15) is 0 Å². The van der Waals surface area contributed by atoms with E-state index >= 15 is 0 Å². The number of rotatable bonds is 3. The van der Waals surface area contributed by atoms with Crippen LogP contribution >= 0.6 is 23.2 Å². The summed E-state index contributed by atoms with van der Waals surface area (Å²) in [5, 5.41) is 9.70. The van der Waals surface area contributed by atoms with Gasteiger partial charge in [-0.1, -0.05) is 35.3 Å². The van der Waals surface area contributed by atoms with E-state index in [1.165, 1.54) is 0 Å². The summed E-state index contributed by atoms with van der Waals surface area (Å²) < 4.78 is 0. The van der Waals surface area contributed by atoms with E-state index in [4.69, 9.17) is 28.4 Å². The van der Waals surface area contributed by atoms with Crippen LogP contribution < -0.4 is 5.48 Å².